The van der Waals surface area contributed by atoms with Crippen LogP contribution in [0.2, 0.25) is 0 Å². The number of hydrogen-bond acceptors (Lipinski definition) is 5. The zero-order chi connectivity index (χ0) is 13.2. The lowest BCUT2D eigenvalue weighted by Gasteiger charge is -2.27. The number of hydrogen-bond donors (Lipinski definition) is 2. The summed E-state index contributed by atoms with van der Waals surface area (Å²) in [6.45, 7) is 4.04. The van der Waals surface area contributed by atoms with Crippen molar-refractivity contribution < 1.29 is 14.4 Å². The minimum atomic E-state index is -0.902. The van der Waals surface area contributed by atoms with Crippen molar-refractivity contribution >= 4 is 5.97 Å². The molecule has 1 fully saturated rings. The van der Waals surface area contributed by atoms with E-state index in [2.05, 4.69) is 15.5 Å². The van der Waals surface area contributed by atoms with E-state index in [1.54, 1.807) is 0 Å². The molecule has 0 atom stereocenters. The van der Waals surface area contributed by atoms with Gasteiger partial charge in [-0.05, 0) is 25.7 Å². The van der Waals surface area contributed by atoms with E-state index in [0.717, 1.165) is 12.8 Å². The summed E-state index contributed by atoms with van der Waals surface area (Å²) in [6, 6.07) is 0. The first-order valence-electron chi connectivity index (χ1n) is 6.42. The molecule has 1 aliphatic carbocycles. The van der Waals surface area contributed by atoms with Gasteiger partial charge < -0.3 is 9.63 Å². The van der Waals surface area contributed by atoms with Crippen molar-refractivity contribution in [3.8, 4) is 0 Å². The Bertz CT molecular complexity index is 422. The fourth-order valence-corrected chi connectivity index (χ4v) is 1.96. The molecule has 2 N–H and O–H groups in total. The van der Waals surface area contributed by atoms with Crippen LogP contribution in [0.4, 0.5) is 0 Å². The lowest BCUT2D eigenvalue weighted by Crippen LogP contribution is -2.50. The number of rotatable bonds is 7. The average Bonchev–Trinajstić information content (AvgIpc) is 3.11. The molecule has 0 bridgehead atoms. The smallest absolute Gasteiger partial charge is 0.323 e. The summed E-state index contributed by atoms with van der Waals surface area (Å²) in [6.07, 6.45) is 3.26. The first kappa shape index (κ1) is 13.0. The van der Waals surface area contributed by atoms with Crippen LogP contribution in [-0.2, 0) is 11.3 Å². The van der Waals surface area contributed by atoms with E-state index in [0.29, 0.717) is 37.0 Å². The summed E-state index contributed by atoms with van der Waals surface area (Å²) in [7, 11) is 0. The van der Waals surface area contributed by atoms with Crippen molar-refractivity contribution in [2.75, 3.05) is 0 Å². The van der Waals surface area contributed by atoms with Crippen molar-refractivity contribution in [3.63, 3.8) is 0 Å². The Morgan fingerprint density at radius 1 is 1.50 bits per heavy atom. The van der Waals surface area contributed by atoms with Gasteiger partial charge in [0.2, 0.25) is 5.89 Å². The maximum Gasteiger partial charge on any atom is 0.323 e. The van der Waals surface area contributed by atoms with Gasteiger partial charge in [-0.2, -0.15) is 4.98 Å². The molecular formula is C12H19N3O3. The number of nitrogens with one attached hydrogen (secondary N) is 1. The molecule has 0 amide bonds. The molecule has 1 heterocycles. The van der Waals surface area contributed by atoms with E-state index in [1.165, 1.54) is 0 Å². The Hall–Kier alpha value is -1.43. The third-order valence-electron chi connectivity index (χ3n) is 3.61. The van der Waals surface area contributed by atoms with Gasteiger partial charge in [-0.1, -0.05) is 19.0 Å². The van der Waals surface area contributed by atoms with Crippen molar-refractivity contribution in [3.05, 3.63) is 11.7 Å². The van der Waals surface area contributed by atoms with Gasteiger partial charge in [0.25, 0.3) is 0 Å². The largest absolute Gasteiger partial charge is 0.480 e. The highest BCUT2D eigenvalue weighted by molar-refractivity contribution is 5.78. The van der Waals surface area contributed by atoms with Crippen molar-refractivity contribution in [2.24, 2.45) is 0 Å². The van der Waals surface area contributed by atoms with E-state index >= 15 is 0 Å². The minimum Gasteiger partial charge on any atom is -0.480 e. The van der Waals surface area contributed by atoms with Gasteiger partial charge in [0.15, 0.2) is 5.82 Å². The third kappa shape index (κ3) is 2.53. The fourth-order valence-electron chi connectivity index (χ4n) is 1.96. The summed E-state index contributed by atoms with van der Waals surface area (Å²) in [5.74, 6) is 0.802. The quantitative estimate of drug-likeness (QED) is 0.768. The monoisotopic (exact) mass is 253 g/mol. The van der Waals surface area contributed by atoms with Crippen molar-refractivity contribution in [2.45, 2.75) is 57.5 Å². The molecule has 1 aliphatic rings. The van der Waals surface area contributed by atoms with Gasteiger partial charge in [0, 0.05) is 5.92 Å². The average molecular weight is 253 g/mol. The van der Waals surface area contributed by atoms with Crippen LogP contribution in [0.1, 0.15) is 57.2 Å². The summed E-state index contributed by atoms with van der Waals surface area (Å²) in [5.41, 5.74) is -0.902. The van der Waals surface area contributed by atoms with Crippen LogP contribution in [-0.4, -0.2) is 26.8 Å². The Balaban J connectivity index is 1.97. The van der Waals surface area contributed by atoms with E-state index in [-0.39, 0.29) is 0 Å². The van der Waals surface area contributed by atoms with Gasteiger partial charge in [-0.15, -0.1) is 0 Å². The molecule has 18 heavy (non-hydrogen) atoms. The molecule has 0 unspecified atom stereocenters. The maximum atomic E-state index is 11.3. The second-order valence-corrected chi connectivity index (χ2v) is 4.77. The standard InChI is InChI=1S/C12H19N3O3/c1-3-12(4-2,11(16)17)13-7-9-14-10(18-15-9)8-5-6-8/h8,13H,3-7H2,1-2H3,(H,16,17). The van der Waals surface area contributed by atoms with Crippen LogP contribution in [0, 0.1) is 0 Å². The lowest BCUT2D eigenvalue weighted by molar-refractivity contribution is -0.145. The number of carboxylic acids is 1. The van der Waals surface area contributed by atoms with Crippen molar-refractivity contribution in [1.29, 1.82) is 0 Å². The third-order valence-corrected chi connectivity index (χ3v) is 3.61. The van der Waals surface area contributed by atoms with Gasteiger partial charge >= 0.3 is 5.97 Å². The number of carboxylic acid groups (broad SMARTS) is 1. The summed E-state index contributed by atoms with van der Waals surface area (Å²) >= 11 is 0. The molecule has 0 spiro atoms. The molecule has 0 saturated heterocycles. The predicted octanol–water partition coefficient (Wildman–Crippen LogP) is 1.68. The molecule has 2 rings (SSSR count). The van der Waals surface area contributed by atoms with Crippen LogP contribution >= 0.6 is 0 Å². The summed E-state index contributed by atoms with van der Waals surface area (Å²) in [5, 5.41) is 16.2. The first-order valence-corrected chi connectivity index (χ1v) is 6.42. The molecule has 0 radical (unpaired) electrons. The van der Waals surface area contributed by atoms with Gasteiger partial charge in [0.05, 0.1) is 6.54 Å². The molecule has 6 nitrogen and oxygen atoms in total. The van der Waals surface area contributed by atoms with Crippen LogP contribution in [0.3, 0.4) is 0 Å². The topological polar surface area (TPSA) is 88.3 Å². The SMILES string of the molecule is CCC(CC)(NCc1noc(C2CC2)n1)C(=O)O. The second-order valence-electron chi connectivity index (χ2n) is 4.77. The Labute approximate surface area is 106 Å². The zero-order valence-corrected chi connectivity index (χ0v) is 10.8. The molecule has 1 saturated carbocycles. The molecule has 1 aromatic heterocycles. The van der Waals surface area contributed by atoms with Crippen LogP contribution in [0.5, 0.6) is 0 Å². The highest BCUT2D eigenvalue weighted by Crippen LogP contribution is 2.38. The Kier molecular flexibility index (Phi) is 3.65. The van der Waals surface area contributed by atoms with E-state index in [1.807, 2.05) is 13.8 Å². The number of nitrogens with zero attached hydrogens (tertiary/aromatic N) is 2. The van der Waals surface area contributed by atoms with E-state index in [4.69, 9.17) is 4.52 Å². The molecule has 100 valence electrons. The zero-order valence-electron chi connectivity index (χ0n) is 10.8. The van der Waals surface area contributed by atoms with Gasteiger partial charge in [-0.25, -0.2) is 0 Å². The highest BCUT2D eigenvalue weighted by atomic mass is 16.5. The number of aliphatic carboxylic acids is 1. The van der Waals surface area contributed by atoms with Crippen molar-refractivity contribution in [1.82, 2.24) is 15.5 Å². The number of aromatic nitrogens is 2. The highest BCUT2D eigenvalue weighted by Gasteiger charge is 2.35. The summed E-state index contributed by atoms with van der Waals surface area (Å²) in [4.78, 5) is 15.6. The Morgan fingerprint density at radius 3 is 2.67 bits per heavy atom. The maximum absolute atomic E-state index is 11.3. The van der Waals surface area contributed by atoms with E-state index in [9.17, 15) is 9.90 Å². The summed E-state index contributed by atoms with van der Waals surface area (Å²) < 4.78 is 5.13. The molecule has 1 aromatic rings. The predicted molar refractivity (Wildman–Crippen MR) is 64.1 cm³/mol. The molecule has 0 aliphatic heterocycles. The molecule has 0 aromatic carbocycles. The molecule has 6 heteroatoms. The normalized spacial score (nSPS) is 15.9. The van der Waals surface area contributed by atoms with Crippen LogP contribution in [0.15, 0.2) is 4.52 Å². The van der Waals surface area contributed by atoms with Crippen LogP contribution in [0.25, 0.3) is 0 Å². The second kappa shape index (κ2) is 5.06. The van der Waals surface area contributed by atoms with Gasteiger partial charge in [-0.3, -0.25) is 10.1 Å². The molecular weight excluding hydrogens is 234 g/mol. The van der Waals surface area contributed by atoms with Crippen LogP contribution < -0.4 is 5.32 Å². The van der Waals surface area contributed by atoms with E-state index < -0.39 is 11.5 Å². The fraction of sp³-hybridized carbons (Fsp3) is 0.750. The lowest BCUT2D eigenvalue weighted by atomic mass is 9.93. The van der Waals surface area contributed by atoms with Gasteiger partial charge in [0.1, 0.15) is 5.54 Å². The number of carbonyl (C=O) groups is 1. The Morgan fingerprint density at radius 2 is 2.17 bits per heavy atom. The first-order chi connectivity index (χ1) is 8.61. The minimum absolute atomic E-state index is 0.324.